The first-order chi connectivity index (χ1) is 26.3. The zero-order valence-electron chi connectivity index (χ0n) is 28.1. The highest BCUT2D eigenvalue weighted by atomic mass is 32.1. The molecular weight excluding hydrogens is 669 g/mol. The van der Waals surface area contributed by atoms with E-state index in [0.717, 1.165) is 49.8 Å². The van der Waals surface area contributed by atoms with Gasteiger partial charge in [-0.2, -0.15) is 9.97 Å². The summed E-state index contributed by atoms with van der Waals surface area (Å²) in [6.45, 7) is 0. The molecule has 53 heavy (non-hydrogen) atoms. The molecule has 4 heterocycles. The number of aromatic nitrogens is 3. The van der Waals surface area contributed by atoms with Crippen LogP contribution in [-0.4, -0.2) is 15.0 Å². The Hall–Kier alpha value is -6.89. The highest BCUT2D eigenvalue weighted by Crippen LogP contribution is 2.53. The van der Waals surface area contributed by atoms with E-state index in [1.54, 1.807) is 11.3 Å². The van der Waals surface area contributed by atoms with Crippen LogP contribution >= 0.6 is 11.3 Å². The third-order valence-corrected chi connectivity index (χ3v) is 11.8. The zero-order chi connectivity index (χ0) is 34.6. The molecule has 246 valence electrons. The van der Waals surface area contributed by atoms with Crippen molar-refractivity contribution >= 4 is 92.3 Å². The largest absolute Gasteiger partial charge is 0.456 e. The minimum absolute atomic E-state index is 0.560. The molecule has 6 heteroatoms. The highest BCUT2D eigenvalue weighted by molar-refractivity contribution is 7.25. The van der Waals surface area contributed by atoms with Crippen LogP contribution in [-0.2, 0) is 0 Å². The van der Waals surface area contributed by atoms with Crippen molar-refractivity contribution in [3.05, 3.63) is 158 Å². The van der Waals surface area contributed by atoms with E-state index < -0.39 is 0 Å². The van der Waals surface area contributed by atoms with Gasteiger partial charge in [0.25, 0.3) is 0 Å². The van der Waals surface area contributed by atoms with Crippen molar-refractivity contribution in [2.24, 2.45) is 0 Å². The van der Waals surface area contributed by atoms with Crippen molar-refractivity contribution in [2.75, 3.05) is 4.90 Å². The first kappa shape index (κ1) is 28.8. The van der Waals surface area contributed by atoms with Gasteiger partial charge < -0.3 is 4.42 Å². The molecule has 0 atom stereocenters. The molecule has 0 fully saturated rings. The van der Waals surface area contributed by atoms with Gasteiger partial charge in [-0.3, -0.25) is 4.90 Å². The molecule has 0 saturated heterocycles. The lowest BCUT2D eigenvalue weighted by atomic mass is 9.88. The molecule has 0 unspecified atom stereocenters. The number of nitrogens with zero attached hydrogens (tertiary/aromatic N) is 4. The Morgan fingerprint density at radius 2 is 1.06 bits per heavy atom. The Bertz CT molecular complexity index is 3190. The first-order valence-corrected chi connectivity index (χ1v) is 18.5. The van der Waals surface area contributed by atoms with Crippen LogP contribution in [0, 0.1) is 0 Å². The van der Waals surface area contributed by atoms with Crippen LogP contribution in [0.3, 0.4) is 0 Å². The monoisotopic (exact) mass is 694 g/mol. The van der Waals surface area contributed by atoms with E-state index in [2.05, 4.69) is 132 Å². The summed E-state index contributed by atoms with van der Waals surface area (Å²) in [7, 11) is 0. The molecule has 0 bridgehead atoms. The average molecular weight is 695 g/mol. The molecule has 0 amide bonds. The summed E-state index contributed by atoms with van der Waals surface area (Å²) in [5.74, 6) is 1.77. The summed E-state index contributed by atoms with van der Waals surface area (Å²) < 4.78 is 8.79. The molecule has 12 rings (SSSR count). The van der Waals surface area contributed by atoms with E-state index in [1.807, 2.05) is 30.3 Å². The van der Waals surface area contributed by atoms with Crippen LogP contribution in [0.4, 0.5) is 17.3 Å². The Morgan fingerprint density at radius 3 is 1.94 bits per heavy atom. The number of benzene rings is 8. The Kier molecular flexibility index (Phi) is 5.87. The number of thiophene rings is 1. The van der Waals surface area contributed by atoms with E-state index in [1.165, 1.54) is 47.5 Å². The number of hydrogen-bond donors (Lipinski definition) is 0. The average Bonchev–Trinajstić information content (AvgIpc) is 3.79. The molecule has 8 aromatic carbocycles. The number of hydrogen-bond acceptors (Lipinski definition) is 6. The van der Waals surface area contributed by atoms with Crippen molar-refractivity contribution in [3.8, 4) is 33.9 Å². The van der Waals surface area contributed by atoms with Crippen LogP contribution < -0.4 is 4.90 Å². The lowest BCUT2D eigenvalue weighted by molar-refractivity contribution is 0.669. The van der Waals surface area contributed by atoms with Gasteiger partial charge in [-0.15, -0.1) is 11.3 Å². The standard InChI is InChI=1S/C47H26N4OS/c1-2-14-29-27(11-1)25-26-36-42(29)32-17-7-12-28-13-8-20-35(41(28)32)51(36)47-49-45(33-18-9-22-38-43(33)30-15-3-5-21-37(30)52-38)48-46(50-47)34-19-10-24-40-44(34)31-16-4-6-23-39(31)53-40/h1-26H. The van der Waals surface area contributed by atoms with Gasteiger partial charge in [0.2, 0.25) is 5.95 Å². The van der Waals surface area contributed by atoms with Gasteiger partial charge in [0, 0.05) is 53.0 Å². The summed E-state index contributed by atoms with van der Waals surface area (Å²) >= 11 is 1.79. The molecule has 3 aromatic heterocycles. The van der Waals surface area contributed by atoms with Crippen molar-refractivity contribution < 1.29 is 4.42 Å². The topological polar surface area (TPSA) is 55.1 Å². The maximum atomic E-state index is 6.36. The fourth-order valence-corrected chi connectivity index (χ4v) is 9.55. The third kappa shape index (κ3) is 4.09. The Labute approximate surface area is 307 Å². The zero-order valence-corrected chi connectivity index (χ0v) is 28.9. The molecule has 0 radical (unpaired) electrons. The van der Waals surface area contributed by atoms with Crippen molar-refractivity contribution in [1.82, 2.24) is 15.0 Å². The summed E-state index contributed by atoms with van der Waals surface area (Å²) in [4.78, 5) is 18.5. The van der Waals surface area contributed by atoms with E-state index in [-0.39, 0.29) is 0 Å². The van der Waals surface area contributed by atoms with Crippen LogP contribution in [0.15, 0.2) is 162 Å². The molecule has 11 aromatic rings. The van der Waals surface area contributed by atoms with Crippen molar-refractivity contribution in [3.63, 3.8) is 0 Å². The van der Waals surface area contributed by atoms with Crippen LogP contribution in [0.25, 0.3) is 97.6 Å². The summed E-state index contributed by atoms with van der Waals surface area (Å²) in [5, 5.41) is 9.09. The molecule has 1 aliphatic rings. The molecule has 0 N–H and O–H groups in total. The maximum Gasteiger partial charge on any atom is 0.238 e. The first-order valence-electron chi connectivity index (χ1n) is 17.7. The number of fused-ring (bicyclic) bond motifs is 10. The van der Waals surface area contributed by atoms with E-state index in [4.69, 9.17) is 19.4 Å². The SMILES string of the molecule is c1ccc2c3c(ccc2c1)N(c1nc(-c2cccc4oc5ccccc5c24)nc(-c2cccc4sc5ccccc5c24)n1)c1cccc2cccc-3c12. The number of anilines is 3. The molecule has 0 saturated carbocycles. The minimum atomic E-state index is 0.560. The van der Waals surface area contributed by atoms with E-state index in [0.29, 0.717) is 17.6 Å². The summed E-state index contributed by atoms with van der Waals surface area (Å²) in [6.07, 6.45) is 0. The molecule has 0 aliphatic carbocycles. The van der Waals surface area contributed by atoms with Crippen molar-refractivity contribution in [2.45, 2.75) is 0 Å². The molecule has 0 spiro atoms. The Balaban J connectivity index is 1.21. The minimum Gasteiger partial charge on any atom is -0.456 e. The van der Waals surface area contributed by atoms with Gasteiger partial charge in [0.1, 0.15) is 11.2 Å². The quantitative estimate of drug-likeness (QED) is 0.184. The molecule has 5 nitrogen and oxygen atoms in total. The van der Waals surface area contributed by atoms with Gasteiger partial charge in [0.15, 0.2) is 11.6 Å². The van der Waals surface area contributed by atoms with Gasteiger partial charge in [0.05, 0.1) is 11.4 Å². The predicted molar refractivity (Wildman–Crippen MR) is 220 cm³/mol. The molecule has 1 aliphatic heterocycles. The van der Waals surface area contributed by atoms with Gasteiger partial charge in [-0.1, -0.05) is 121 Å². The number of furan rings is 1. The summed E-state index contributed by atoms with van der Waals surface area (Å²) in [6, 6.07) is 55.5. The van der Waals surface area contributed by atoms with Crippen LogP contribution in [0.5, 0.6) is 0 Å². The lowest BCUT2D eigenvalue weighted by Gasteiger charge is -2.33. The van der Waals surface area contributed by atoms with Crippen LogP contribution in [0.2, 0.25) is 0 Å². The fraction of sp³-hybridized carbons (Fsp3) is 0. The Morgan fingerprint density at radius 1 is 0.415 bits per heavy atom. The maximum absolute atomic E-state index is 6.36. The van der Waals surface area contributed by atoms with Gasteiger partial charge >= 0.3 is 0 Å². The van der Waals surface area contributed by atoms with Gasteiger partial charge in [-0.05, 0) is 58.1 Å². The lowest BCUT2D eigenvalue weighted by Crippen LogP contribution is -2.19. The number of rotatable bonds is 3. The predicted octanol–water partition coefficient (Wildman–Crippen LogP) is 13.2. The van der Waals surface area contributed by atoms with E-state index in [9.17, 15) is 0 Å². The second-order valence-electron chi connectivity index (χ2n) is 13.5. The normalized spacial score (nSPS) is 12.5. The van der Waals surface area contributed by atoms with E-state index >= 15 is 0 Å². The highest BCUT2D eigenvalue weighted by Gasteiger charge is 2.30. The van der Waals surface area contributed by atoms with Crippen LogP contribution in [0.1, 0.15) is 0 Å². The smallest absolute Gasteiger partial charge is 0.238 e. The molecular formula is C47H26N4OS. The van der Waals surface area contributed by atoms with Gasteiger partial charge in [-0.25, -0.2) is 4.98 Å². The second-order valence-corrected chi connectivity index (χ2v) is 14.6. The summed E-state index contributed by atoms with van der Waals surface area (Å²) in [5.41, 5.74) is 7.95. The third-order valence-electron chi connectivity index (χ3n) is 10.7. The number of para-hydroxylation sites is 1. The van der Waals surface area contributed by atoms with Crippen molar-refractivity contribution in [1.29, 1.82) is 0 Å². The second kappa shape index (κ2) is 10.8. The fourth-order valence-electron chi connectivity index (χ4n) is 8.42.